The normalized spacial score (nSPS) is 19.3. The van der Waals surface area contributed by atoms with Crippen LogP contribution in [0.15, 0.2) is 67.0 Å². The predicted molar refractivity (Wildman–Crippen MR) is 105 cm³/mol. The lowest BCUT2D eigenvalue weighted by atomic mass is 10.0. The van der Waals surface area contributed by atoms with Gasteiger partial charge in [-0.05, 0) is 34.9 Å². The second-order valence-corrected chi connectivity index (χ2v) is 7.14. The van der Waals surface area contributed by atoms with E-state index in [0.717, 1.165) is 40.2 Å². The highest BCUT2D eigenvalue weighted by Gasteiger charge is 2.31. The molecule has 0 aliphatic carbocycles. The van der Waals surface area contributed by atoms with E-state index in [1.54, 1.807) is 12.4 Å². The molecule has 5 nitrogen and oxygen atoms in total. The standard InChI is InChI=1S/C23H20N2O3/c26-23(21-13-16-4-1-2-7-20(16)28-21)25-14-18-12-17-5-3-6-19(22(17)27-18)15-8-10-24-11-9-15/h1-11,18,21H,12-14H2,(H,25,26)/t18-,21+/m0/s1. The van der Waals surface area contributed by atoms with Crippen LogP contribution >= 0.6 is 0 Å². The van der Waals surface area contributed by atoms with Crippen molar-refractivity contribution >= 4 is 5.91 Å². The molecule has 1 amide bonds. The van der Waals surface area contributed by atoms with Crippen molar-refractivity contribution in [3.05, 3.63) is 78.1 Å². The summed E-state index contributed by atoms with van der Waals surface area (Å²) >= 11 is 0. The first-order valence-corrected chi connectivity index (χ1v) is 9.49. The number of nitrogens with one attached hydrogen (secondary N) is 1. The van der Waals surface area contributed by atoms with Crippen LogP contribution in [0.4, 0.5) is 0 Å². The molecule has 0 radical (unpaired) electrons. The van der Waals surface area contributed by atoms with Crippen LogP contribution in [0.2, 0.25) is 0 Å². The van der Waals surface area contributed by atoms with E-state index in [9.17, 15) is 4.79 Å². The lowest BCUT2D eigenvalue weighted by molar-refractivity contribution is -0.127. The third-order valence-corrected chi connectivity index (χ3v) is 5.26. The molecule has 0 spiro atoms. The Hall–Kier alpha value is -3.34. The van der Waals surface area contributed by atoms with E-state index in [2.05, 4.69) is 22.4 Å². The van der Waals surface area contributed by atoms with Gasteiger partial charge in [0.15, 0.2) is 6.10 Å². The van der Waals surface area contributed by atoms with E-state index in [4.69, 9.17) is 9.47 Å². The van der Waals surface area contributed by atoms with E-state index in [1.807, 2.05) is 42.5 Å². The van der Waals surface area contributed by atoms with Gasteiger partial charge in [0.2, 0.25) is 0 Å². The zero-order valence-corrected chi connectivity index (χ0v) is 15.3. The van der Waals surface area contributed by atoms with Crippen LogP contribution in [0.1, 0.15) is 11.1 Å². The number of carbonyl (C=O) groups is 1. The summed E-state index contributed by atoms with van der Waals surface area (Å²) in [6.07, 6.45) is 4.40. The Morgan fingerprint density at radius 3 is 2.64 bits per heavy atom. The first-order valence-electron chi connectivity index (χ1n) is 9.49. The SMILES string of the molecule is O=C(NC[C@@H]1Cc2cccc(-c3ccncc3)c2O1)[C@H]1Cc2ccccc2O1. The number of amides is 1. The van der Waals surface area contributed by atoms with Crippen LogP contribution in [0.3, 0.4) is 0 Å². The summed E-state index contributed by atoms with van der Waals surface area (Å²) in [5.74, 6) is 1.61. The Bertz CT molecular complexity index is 994. The fraction of sp³-hybridized carbons (Fsp3) is 0.217. The maximum atomic E-state index is 12.5. The predicted octanol–water partition coefficient (Wildman–Crippen LogP) is 3.17. The number of carbonyl (C=O) groups excluding carboxylic acids is 1. The number of aromatic nitrogens is 1. The van der Waals surface area contributed by atoms with Gasteiger partial charge in [-0.1, -0.05) is 36.4 Å². The lowest BCUT2D eigenvalue weighted by Crippen LogP contribution is -2.42. The van der Waals surface area contributed by atoms with Gasteiger partial charge in [0, 0.05) is 30.8 Å². The molecule has 0 fully saturated rings. The molecule has 5 rings (SSSR count). The van der Waals surface area contributed by atoms with Gasteiger partial charge in [-0.25, -0.2) is 0 Å². The van der Waals surface area contributed by atoms with Gasteiger partial charge in [0.1, 0.15) is 17.6 Å². The summed E-state index contributed by atoms with van der Waals surface area (Å²) in [4.78, 5) is 16.6. The van der Waals surface area contributed by atoms with Gasteiger partial charge < -0.3 is 14.8 Å². The Morgan fingerprint density at radius 1 is 0.964 bits per heavy atom. The minimum Gasteiger partial charge on any atom is -0.487 e. The number of benzene rings is 2. The van der Waals surface area contributed by atoms with E-state index < -0.39 is 6.10 Å². The number of hydrogen-bond acceptors (Lipinski definition) is 4. The van der Waals surface area contributed by atoms with Crippen LogP contribution < -0.4 is 14.8 Å². The number of para-hydroxylation sites is 2. The van der Waals surface area contributed by atoms with Crippen molar-refractivity contribution in [2.45, 2.75) is 25.0 Å². The molecule has 0 saturated heterocycles. The molecule has 5 heteroatoms. The summed E-state index contributed by atoms with van der Waals surface area (Å²) in [7, 11) is 0. The molecular weight excluding hydrogens is 352 g/mol. The molecule has 1 aromatic heterocycles. The third-order valence-electron chi connectivity index (χ3n) is 5.26. The van der Waals surface area contributed by atoms with Crippen LogP contribution in [-0.2, 0) is 17.6 Å². The highest BCUT2D eigenvalue weighted by atomic mass is 16.5. The number of hydrogen-bond donors (Lipinski definition) is 1. The molecule has 2 aliphatic rings. The van der Waals surface area contributed by atoms with Crippen molar-refractivity contribution in [1.29, 1.82) is 0 Å². The summed E-state index contributed by atoms with van der Waals surface area (Å²) < 4.78 is 12.0. The van der Waals surface area contributed by atoms with Crippen molar-refractivity contribution in [2.24, 2.45) is 0 Å². The Kier molecular flexibility index (Phi) is 4.20. The smallest absolute Gasteiger partial charge is 0.261 e. The minimum absolute atomic E-state index is 0.0780. The topological polar surface area (TPSA) is 60.5 Å². The maximum Gasteiger partial charge on any atom is 0.261 e. The van der Waals surface area contributed by atoms with Gasteiger partial charge in [-0.2, -0.15) is 0 Å². The summed E-state index contributed by atoms with van der Waals surface area (Å²) in [5, 5.41) is 3.00. The van der Waals surface area contributed by atoms with E-state index in [1.165, 1.54) is 0 Å². The molecule has 28 heavy (non-hydrogen) atoms. The molecule has 2 aliphatic heterocycles. The molecule has 0 bridgehead atoms. The highest BCUT2D eigenvalue weighted by molar-refractivity contribution is 5.82. The van der Waals surface area contributed by atoms with Crippen molar-refractivity contribution in [2.75, 3.05) is 6.54 Å². The van der Waals surface area contributed by atoms with E-state index in [-0.39, 0.29) is 12.0 Å². The van der Waals surface area contributed by atoms with Crippen molar-refractivity contribution < 1.29 is 14.3 Å². The van der Waals surface area contributed by atoms with Gasteiger partial charge in [0.05, 0.1) is 6.54 Å². The van der Waals surface area contributed by atoms with E-state index >= 15 is 0 Å². The van der Waals surface area contributed by atoms with E-state index in [0.29, 0.717) is 13.0 Å². The van der Waals surface area contributed by atoms with Gasteiger partial charge in [0.25, 0.3) is 5.91 Å². The van der Waals surface area contributed by atoms with Gasteiger partial charge in [-0.15, -0.1) is 0 Å². The van der Waals surface area contributed by atoms with Crippen LogP contribution in [0, 0.1) is 0 Å². The molecule has 3 aromatic rings. The zero-order valence-electron chi connectivity index (χ0n) is 15.3. The van der Waals surface area contributed by atoms with Crippen LogP contribution in [0.5, 0.6) is 11.5 Å². The van der Waals surface area contributed by atoms with Gasteiger partial charge >= 0.3 is 0 Å². The number of fused-ring (bicyclic) bond motifs is 2. The molecule has 140 valence electrons. The molecule has 1 N–H and O–H groups in total. The Morgan fingerprint density at radius 2 is 1.79 bits per heavy atom. The van der Waals surface area contributed by atoms with Gasteiger partial charge in [-0.3, -0.25) is 9.78 Å². The summed E-state index contributed by atoms with van der Waals surface area (Å²) in [6.45, 7) is 0.458. The Balaban J connectivity index is 1.23. The lowest BCUT2D eigenvalue weighted by Gasteiger charge is -2.15. The fourth-order valence-corrected chi connectivity index (χ4v) is 3.87. The molecule has 3 heterocycles. The second-order valence-electron chi connectivity index (χ2n) is 7.14. The molecule has 2 aromatic carbocycles. The summed E-state index contributed by atoms with van der Waals surface area (Å²) in [6, 6.07) is 17.9. The molecular formula is C23H20N2O3. The van der Waals surface area contributed by atoms with Crippen LogP contribution in [0.25, 0.3) is 11.1 Å². The first kappa shape index (κ1) is 16.8. The average molecular weight is 372 g/mol. The number of nitrogens with zero attached hydrogens (tertiary/aromatic N) is 1. The first-order chi connectivity index (χ1) is 13.8. The zero-order chi connectivity index (χ0) is 18.9. The number of ether oxygens (including phenoxy) is 2. The third kappa shape index (κ3) is 3.09. The Labute approximate surface area is 163 Å². The fourth-order valence-electron chi connectivity index (χ4n) is 3.87. The van der Waals surface area contributed by atoms with Crippen LogP contribution in [-0.4, -0.2) is 29.6 Å². The van der Waals surface area contributed by atoms with Crippen molar-refractivity contribution in [3.8, 4) is 22.6 Å². The quantitative estimate of drug-likeness (QED) is 0.764. The number of pyridine rings is 1. The maximum absolute atomic E-state index is 12.5. The highest BCUT2D eigenvalue weighted by Crippen LogP contribution is 2.38. The largest absolute Gasteiger partial charge is 0.487 e. The molecule has 0 saturated carbocycles. The average Bonchev–Trinajstić information content (AvgIpc) is 3.36. The molecule has 2 atom stereocenters. The number of rotatable bonds is 4. The van der Waals surface area contributed by atoms with Crippen molar-refractivity contribution in [3.63, 3.8) is 0 Å². The monoisotopic (exact) mass is 372 g/mol. The van der Waals surface area contributed by atoms with Crippen molar-refractivity contribution in [1.82, 2.24) is 10.3 Å². The second kappa shape index (κ2) is 7.00. The summed E-state index contributed by atoms with van der Waals surface area (Å²) in [5.41, 5.74) is 4.38. The molecule has 0 unspecified atom stereocenters. The minimum atomic E-state index is -0.464.